The third-order valence-electron chi connectivity index (χ3n) is 5.42. The van der Waals surface area contributed by atoms with Crippen LogP contribution >= 0.6 is 0 Å². The fraction of sp³-hybridized carbons (Fsp3) is 0.333. The average Bonchev–Trinajstić information content (AvgIpc) is 3.27. The van der Waals surface area contributed by atoms with Crippen molar-refractivity contribution in [3.63, 3.8) is 0 Å². The van der Waals surface area contributed by atoms with Crippen LogP contribution in [-0.4, -0.2) is 29.4 Å². The second-order valence-electron chi connectivity index (χ2n) is 7.22. The van der Waals surface area contributed by atoms with Crippen LogP contribution in [0.1, 0.15) is 36.4 Å². The summed E-state index contributed by atoms with van der Waals surface area (Å²) in [4.78, 5) is 2.25. The molecule has 5 rings (SSSR count). The SMILES string of the molecule is Oc1c(C(c2ccc3c(c2)OC(F)(F)O3)N2CCCCC2)ccc2ccoc12. The number of nitrogens with zero attached hydrogens (tertiary/aromatic N) is 1. The summed E-state index contributed by atoms with van der Waals surface area (Å²) in [7, 11) is 0. The van der Waals surface area contributed by atoms with Gasteiger partial charge in [-0.2, -0.15) is 0 Å². The molecule has 1 unspecified atom stereocenters. The lowest BCUT2D eigenvalue weighted by Gasteiger charge is -2.35. The number of fused-ring (bicyclic) bond motifs is 2. The van der Waals surface area contributed by atoms with Crippen LogP contribution in [0.3, 0.4) is 0 Å². The van der Waals surface area contributed by atoms with Crippen molar-refractivity contribution in [1.82, 2.24) is 4.90 Å². The van der Waals surface area contributed by atoms with Gasteiger partial charge in [-0.05, 0) is 49.7 Å². The van der Waals surface area contributed by atoms with Crippen molar-refractivity contribution in [3.8, 4) is 17.2 Å². The van der Waals surface area contributed by atoms with Gasteiger partial charge in [0.2, 0.25) is 0 Å². The Bertz CT molecular complexity index is 1030. The van der Waals surface area contributed by atoms with E-state index in [-0.39, 0.29) is 23.3 Å². The van der Waals surface area contributed by atoms with Gasteiger partial charge in [0, 0.05) is 10.9 Å². The Labute approximate surface area is 160 Å². The Kier molecular flexibility index (Phi) is 3.94. The van der Waals surface area contributed by atoms with Gasteiger partial charge >= 0.3 is 6.29 Å². The number of likely N-dealkylation sites (tertiary alicyclic amines) is 1. The van der Waals surface area contributed by atoms with Gasteiger partial charge in [-0.15, -0.1) is 8.78 Å². The van der Waals surface area contributed by atoms with Gasteiger partial charge < -0.3 is 19.0 Å². The first kappa shape index (κ1) is 17.3. The topological polar surface area (TPSA) is 55.1 Å². The molecule has 3 aromatic rings. The molecule has 0 radical (unpaired) electrons. The van der Waals surface area contributed by atoms with E-state index in [1.807, 2.05) is 12.1 Å². The third kappa shape index (κ3) is 2.86. The van der Waals surface area contributed by atoms with Gasteiger partial charge in [-0.25, -0.2) is 0 Å². The standard InChI is InChI=1S/C21H19F2NO4/c22-21(23)27-16-7-5-14(12-17(16)28-21)18(24-9-2-1-3-10-24)15-6-4-13-8-11-26-20(13)19(15)25/h4-8,11-12,18,25H,1-3,9-10H2. The Balaban J connectivity index is 1.62. The zero-order valence-corrected chi connectivity index (χ0v) is 15.0. The van der Waals surface area contributed by atoms with Crippen LogP contribution < -0.4 is 9.47 Å². The number of ether oxygens (including phenoxy) is 2. The molecule has 2 aliphatic rings. The number of rotatable bonds is 3. The average molecular weight is 387 g/mol. The fourth-order valence-corrected chi connectivity index (χ4v) is 4.15. The van der Waals surface area contributed by atoms with Gasteiger partial charge in [-0.1, -0.05) is 24.6 Å². The smallest absolute Gasteiger partial charge is 0.504 e. The summed E-state index contributed by atoms with van der Waals surface area (Å²) in [6, 6.07) is 10.0. The van der Waals surface area contributed by atoms with Crippen LogP contribution in [0.2, 0.25) is 0 Å². The summed E-state index contributed by atoms with van der Waals surface area (Å²) in [6.07, 6.45) is 1.12. The van der Waals surface area contributed by atoms with E-state index in [0.717, 1.165) is 43.3 Å². The van der Waals surface area contributed by atoms with Crippen LogP contribution in [0.5, 0.6) is 17.2 Å². The Hall–Kier alpha value is -2.80. The number of alkyl halides is 2. The summed E-state index contributed by atoms with van der Waals surface area (Å²) in [5, 5.41) is 11.7. The molecule has 146 valence electrons. The molecule has 1 aromatic heterocycles. The number of piperidine rings is 1. The monoisotopic (exact) mass is 387 g/mol. The van der Waals surface area contributed by atoms with E-state index in [0.29, 0.717) is 11.1 Å². The van der Waals surface area contributed by atoms with Crippen LogP contribution in [0.15, 0.2) is 47.1 Å². The van der Waals surface area contributed by atoms with Crippen molar-refractivity contribution in [2.75, 3.05) is 13.1 Å². The molecule has 1 saturated heterocycles. The Morgan fingerprint density at radius 2 is 1.75 bits per heavy atom. The molecule has 3 heterocycles. The van der Waals surface area contributed by atoms with E-state index in [1.165, 1.54) is 12.3 Å². The minimum absolute atomic E-state index is 0.00285. The summed E-state index contributed by atoms with van der Waals surface area (Å²) >= 11 is 0. The molecular weight excluding hydrogens is 368 g/mol. The zero-order valence-electron chi connectivity index (χ0n) is 15.0. The van der Waals surface area contributed by atoms with Crippen molar-refractivity contribution in [3.05, 3.63) is 53.8 Å². The third-order valence-corrected chi connectivity index (χ3v) is 5.42. The second-order valence-corrected chi connectivity index (χ2v) is 7.22. The number of furan rings is 1. The predicted molar refractivity (Wildman–Crippen MR) is 97.8 cm³/mol. The quantitative estimate of drug-likeness (QED) is 0.683. The molecule has 7 heteroatoms. The maximum absolute atomic E-state index is 13.4. The molecule has 0 amide bonds. The second kappa shape index (κ2) is 6.38. The highest BCUT2D eigenvalue weighted by Crippen LogP contribution is 2.45. The summed E-state index contributed by atoms with van der Waals surface area (Å²) in [6.45, 7) is 1.70. The van der Waals surface area contributed by atoms with Gasteiger partial charge in [0.15, 0.2) is 22.8 Å². The normalized spacial score (nSPS) is 19.8. The first-order chi connectivity index (χ1) is 13.5. The molecule has 0 spiro atoms. The predicted octanol–water partition coefficient (Wildman–Crippen LogP) is 5.04. The van der Waals surface area contributed by atoms with Gasteiger partial charge in [-0.3, -0.25) is 4.90 Å². The van der Waals surface area contributed by atoms with E-state index >= 15 is 0 Å². The summed E-state index contributed by atoms with van der Waals surface area (Å²) in [5.41, 5.74) is 1.85. The number of hydrogen-bond donors (Lipinski definition) is 1. The Morgan fingerprint density at radius 3 is 2.57 bits per heavy atom. The molecule has 28 heavy (non-hydrogen) atoms. The molecule has 0 saturated carbocycles. The summed E-state index contributed by atoms with van der Waals surface area (Å²) in [5.74, 6) is 0.0843. The van der Waals surface area contributed by atoms with Crippen molar-refractivity contribution in [2.24, 2.45) is 0 Å². The lowest BCUT2D eigenvalue weighted by molar-refractivity contribution is -0.286. The lowest BCUT2D eigenvalue weighted by Crippen LogP contribution is -2.34. The number of phenolic OH excluding ortho intramolecular Hbond substituents is 1. The van der Waals surface area contributed by atoms with Crippen LogP contribution in [-0.2, 0) is 0 Å². The molecule has 0 bridgehead atoms. The number of aromatic hydroxyl groups is 1. The molecule has 5 nitrogen and oxygen atoms in total. The van der Waals surface area contributed by atoms with E-state index in [1.54, 1.807) is 18.2 Å². The molecule has 2 aliphatic heterocycles. The molecule has 1 atom stereocenters. The minimum atomic E-state index is -3.66. The van der Waals surface area contributed by atoms with E-state index in [4.69, 9.17) is 4.42 Å². The van der Waals surface area contributed by atoms with Crippen molar-refractivity contribution < 1.29 is 27.8 Å². The van der Waals surface area contributed by atoms with Gasteiger partial charge in [0.1, 0.15) is 0 Å². The van der Waals surface area contributed by atoms with Crippen molar-refractivity contribution >= 4 is 11.0 Å². The lowest BCUT2D eigenvalue weighted by atomic mass is 9.93. The largest absolute Gasteiger partial charge is 0.586 e. The minimum Gasteiger partial charge on any atom is -0.504 e. The highest BCUT2D eigenvalue weighted by atomic mass is 19.3. The Morgan fingerprint density at radius 1 is 0.964 bits per heavy atom. The number of benzene rings is 2. The van der Waals surface area contributed by atoms with Crippen LogP contribution in [0.25, 0.3) is 11.0 Å². The van der Waals surface area contributed by atoms with Crippen molar-refractivity contribution in [2.45, 2.75) is 31.6 Å². The van der Waals surface area contributed by atoms with Gasteiger partial charge in [0.05, 0.1) is 12.3 Å². The zero-order chi connectivity index (χ0) is 19.3. The first-order valence-corrected chi connectivity index (χ1v) is 9.35. The molecular formula is C21H19F2NO4. The highest BCUT2D eigenvalue weighted by Gasteiger charge is 2.44. The highest BCUT2D eigenvalue weighted by molar-refractivity contribution is 5.84. The van der Waals surface area contributed by atoms with E-state index < -0.39 is 6.29 Å². The van der Waals surface area contributed by atoms with E-state index in [9.17, 15) is 13.9 Å². The van der Waals surface area contributed by atoms with E-state index in [2.05, 4.69) is 14.4 Å². The number of hydrogen-bond acceptors (Lipinski definition) is 5. The van der Waals surface area contributed by atoms with Crippen molar-refractivity contribution in [1.29, 1.82) is 0 Å². The fourth-order valence-electron chi connectivity index (χ4n) is 4.15. The maximum atomic E-state index is 13.4. The molecule has 1 fully saturated rings. The van der Waals surface area contributed by atoms with Crippen LogP contribution in [0.4, 0.5) is 8.78 Å². The molecule has 1 N–H and O–H groups in total. The number of phenols is 1. The van der Waals surface area contributed by atoms with Crippen LogP contribution in [0, 0.1) is 0 Å². The molecule has 0 aliphatic carbocycles. The maximum Gasteiger partial charge on any atom is 0.586 e. The van der Waals surface area contributed by atoms with Gasteiger partial charge in [0.25, 0.3) is 0 Å². The summed E-state index contributed by atoms with van der Waals surface area (Å²) < 4.78 is 41.5. The molecule has 2 aromatic carbocycles. The number of halogens is 2. The first-order valence-electron chi connectivity index (χ1n) is 9.35.